The third-order valence-corrected chi connectivity index (χ3v) is 4.39. The van der Waals surface area contributed by atoms with Crippen molar-refractivity contribution in [3.05, 3.63) is 35.4 Å². The average molecular weight is 345 g/mol. The predicted octanol–water partition coefficient (Wildman–Crippen LogP) is 2.44. The number of urea groups is 1. The Labute approximate surface area is 148 Å². The van der Waals surface area contributed by atoms with Crippen molar-refractivity contribution in [2.24, 2.45) is 5.92 Å². The van der Waals surface area contributed by atoms with Crippen LogP contribution in [0, 0.1) is 5.92 Å². The van der Waals surface area contributed by atoms with Crippen LogP contribution in [0.5, 0.6) is 0 Å². The van der Waals surface area contributed by atoms with Crippen LogP contribution in [0.1, 0.15) is 57.2 Å². The van der Waals surface area contributed by atoms with Gasteiger partial charge in [-0.1, -0.05) is 51.5 Å². The number of amides is 4. The molecule has 1 fully saturated rings. The fourth-order valence-electron chi connectivity index (χ4n) is 2.93. The van der Waals surface area contributed by atoms with Crippen LogP contribution in [0.4, 0.5) is 4.79 Å². The molecule has 6 heteroatoms. The monoisotopic (exact) mass is 345 g/mol. The van der Waals surface area contributed by atoms with Gasteiger partial charge in [0.15, 0.2) is 0 Å². The van der Waals surface area contributed by atoms with Crippen LogP contribution < -0.4 is 16.0 Å². The Morgan fingerprint density at radius 3 is 2.40 bits per heavy atom. The predicted molar refractivity (Wildman–Crippen MR) is 95.9 cm³/mol. The highest BCUT2D eigenvalue weighted by atomic mass is 16.2. The lowest BCUT2D eigenvalue weighted by atomic mass is 9.94. The van der Waals surface area contributed by atoms with Gasteiger partial charge < -0.3 is 10.6 Å². The van der Waals surface area contributed by atoms with Gasteiger partial charge in [-0.25, -0.2) is 4.79 Å². The van der Waals surface area contributed by atoms with E-state index >= 15 is 0 Å². The van der Waals surface area contributed by atoms with Gasteiger partial charge in [0, 0.05) is 0 Å². The largest absolute Gasteiger partial charge is 0.349 e. The van der Waals surface area contributed by atoms with Gasteiger partial charge in [-0.05, 0) is 29.9 Å². The first-order valence-corrected chi connectivity index (χ1v) is 8.90. The van der Waals surface area contributed by atoms with E-state index in [-0.39, 0.29) is 24.3 Å². The van der Waals surface area contributed by atoms with Crippen LogP contribution in [-0.4, -0.2) is 23.9 Å². The molecule has 0 aromatic heterocycles. The molecule has 1 aliphatic heterocycles. The Kier molecular flexibility index (Phi) is 6.56. The summed E-state index contributed by atoms with van der Waals surface area (Å²) in [7, 11) is 0. The Morgan fingerprint density at radius 2 is 1.88 bits per heavy atom. The van der Waals surface area contributed by atoms with E-state index in [4.69, 9.17) is 0 Å². The number of benzene rings is 1. The molecule has 0 radical (unpaired) electrons. The van der Waals surface area contributed by atoms with Gasteiger partial charge in [-0.3, -0.25) is 14.9 Å². The topological polar surface area (TPSA) is 87.3 Å². The molecule has 3 N–H and O–H groups in total. The highest BCUT2D eigenvalue weighted by Gasteiger charge is 2.32. The minimum atomic E-state index is -0.795. The second-order valence-electron chi connectivity index (χ2n) is 6.85. The lowest BCUT2D eigenvalue weighted by molar-refractivity contribution is -0.127. The molecule has 25 heavy (non-hydrogen) atoms. The Bertz CT molecular complexity index is 625. The number of unbranched alkanes of at least 4 members (excludes halogenated alkanes) is 1. The third kappa shape index (κ3) is 5.31. The number of carbonyl (C=O) groups excluding carboxylic acids is 3. The van der Waals surface area contributed by atoms with Crippen LogP contribution in [-0.2, 0) is 16.0 Å². The van der Waals surface area contributed by atoms with Crippen molar-refractivity contribution in [2.75, 3.05) is 0 Å². The molecule has 4 amide bonds. The van der Waals surface area contributed by atoms with Crippen LogP contribution in [0.3, 0.4) is 0 Å². The van der Waals surface area contributed by atoms with Gasteiger partial charge in [0.1, 0.15) is 6.04 Å². The van der Waals surface area contributed by atoms with Gasteiger partial charge in [0.25, 0.3) is 5.91 Å². The van der Waals surface area contributed by atoms with Crippen molar-refractivity contribution in [1.29, 1.82) is 0 Å². The molecule has 2 unspecified atom stereocenters. The lowest BCUT2D eigenvalue weighted by Gasteiger charge is -2.23. The van der Waals surface area contributed by atoms with Crippen LogP contribution in [0.2, 0.25) is 0 Å². The number of nitrogens with one attached hydrogen (secondary N) is 3. The fourth-order valence-corrected chi connectivity index (χ4v) is 2.93. The number of hydrogen-bond acceptors (Lipinski definition) is 3. The van der Waals surface area contributed by atoms with Gasteiger partial charge in [-0.15, -0.1) is 0 Å². The Hall–Kier alpha value is -2.37. The zero-order chi connectivity index (χ0) is 18.4. The van der Waals surface area contributed by atoms with E-state index in [9.17, 15) is 14.4 Å². The molecule has 6 nitrogen and oxygen atoms in total. The minimum Gasteiger partial charge on any atom is -0.349 e. The number of rotatable bonds is 8. The summed E-state index contributed by atoms with van der Waals surface area (Å²) in [6, 6.07) is 6.85. The summed E-state index contributed by atoms with van der Waals surface area (Å²) in [6.45, 7) is 6.26. The first-order valence-electron chi connectivity index (χ1n) is 8.90. The second-order valence-corrected chi connectivity index (χ2v) is 6.85. The maximum absolute atomic E-state index is 12.3. The van der Waals surface area contributed by atoms with Crippen molar-refractivity contribution < 1.29 is 14.4 Å². The van der Waals surface area contributed by atoms with Crippen LogP contribution in [0.25, 0.3) is 0 Å². The van der Waals surface area contributed by atoms with Gasteiger partial charge in [0.2, 0.25) is 5.91 Å². The van der Waals surface area contributed by atoms with E-state index in [0.29, 0.717) is 0 Å². The first kappa shape index (κ1) is 19.0. The molecule has 0 aliphatic carbocycles. The van der Waals surface area contributed by atoms with Crippen molar-refractivity contribution in [2.45, 2.75) is 58.5 Å². The molecular weight excluding hydrogens is 318 g/mol. The molecule has 2 atom stereocenters. The van der Waals surface area contributed by atoms with Crippen molar-refractivity contribution in [1.82, 2.24) is 16.0 Å². The normalized spacial score (nSPS) is 18.0. The smallest absolute Gasteiger partial charge is 0.322 e. The number of aryl methyl sites for hydroxylation is 1. The van der Waals surface area contributed by atoms with Crippen molar-refractivity contribution in [3.63, 3.8) is 0 Å². The van der Waals surface area contributed by atoms with E-state index in [2.05, 4.69) is 47.1 Å². The van der Waals surface area contributed by atoms with Gasteiger partial charge >= 0.3 is 6.03 Å². The summed E-state index contributed by atoms with van der Waals surface area (Å²) < 4.78 is 0. The van der Waals surface area contributed by atoms with E-state index in [1.165, 1.54) is 12.0 Å². The van der Waals surface area contributed by atoms with Crippen molar-refractivity contribution >= 4 is 17.8 Å². The molecule has 1 aromatic carbocycles. The summed E-state index contributed by atoms with van der Waals surface area (Å²) >= 11 is 0. The van der Waals surface area contributed by atoms with E-state index in [1.54, 1.807) is 0 Å². The molecule has 0 saturated carbocycles. The minimum absolute atomic E-state index is 0.0601. The average Bonchev–Trinajstić information content (AvgIpc) is 2.88. The van der Waals surface area contributed by atoms with Crippen molar-refractivity contribution in [3.8, 4) is 0 Å². The zero-order valence-electron chi connectivity index (χ0n) is 15.1. The lowest BCUT2D eigenvalue weighted by Crippen LogP contribution is -2.38. The fraction of sp³-hybridized carbons (Fsp3) is 0.526. The summed E-state index contributed by atoms with van der Waals surface area (Å²) in [5, 5.41) is 7.56. The number of carbonyl (C=O) groups is 3. The number of hydrogen-bond donors (Lipinski definition) is 3. The number of imide groups is 1. The SMILES string of the molecule is CCCCc1ccc(C(NC(=O)CC2NC(=O)NC2=O)C(C)C)cc1. The molecular formula is C19H27N3O3. The molecule has 136 valence electrons. The molecule has 1 heterocycles. The quantitative estimate of drug-likeness (QED) is 0.632. The Morgan fingerprint density at radius 1 is 1.20 bits per heavy atom. The Balaban J connectivity index is 1.99. The van der Waals surface area contributed by atoms with Crippen LogP contribution in [0.15, 0.2) is 24.3 Å². The van der Waals surface area contributed by atoms with E-state index in [0.717, 1.165) is 18.4 Å². The third-order valence-electron chi connectivity index (χ3n) is 4.39. The standard InChI is InChI=1S/C19H27N3O3/c1-4-5-6-13-7-9-14(10-8-13)17(12(2)3)21-16(23)11-15-18(24)22-19(25)20-15/h7-10,12,15,17H,4-6,11H2,1-3H3,(H,21,23)(H2,20,22,24,25). The first-order chi connectivity index (χ1) is 11.9. The second kappa shape index (κ2) is 8.65. The van der Waals surface area contributed by atoms with Crippen LogP contribution >= 0.6 is 0 Å². The van der Waals surface area contributed by atoms with E-state index in [1.807, 2.05) is 13.8 Å². The maximum atomic E-state index is 12.3. The summed E-state index contributed by atoms with van der Waals surface area (Å²) in [5.74, 6) is -0.505. The molecule has 1 saturated heterocycles. The van der Waals surface area contributed by atoms with Gasteiger partial charge in [-0.2, -0.15) is 0 Å². The zero-order valence-corrected chi connectivity index (χ0v) is 15.1. The maximum Gasteiger partial charge on any atom is 0.322 e. The summed E-state index contributed by atoms with van der Waals surface area (Å²) in [6.07, 6.45) is 3.33. The molecule has 2 rings (SSSR count). The van der Waals surface area contributed by atoms with Gasteiger partial charge in [0.05, 0.1) is 12.5 Å². The molecule has 1 aliphatic rings. The molecule has 0 bridgehead atoms. The summed E-state index contributed by atoms with van der Waals surface area (Å²) in [5.41, 5.74) is 2.34. The van der Waals surface area contributed by atoms with E-state index < -0.39 is 18.0 Å². The summed E-state index contributed by atoms with van der Waals surface area (Å²) in [4.78, 5) is 35.0. The highest BCUT2D eigenvalue weighted by Crippen LogP contribution is 2.23. The highest BCUT2D eigenvalue weighted by molar-refractivity contribution is 6.05. The molecule has 0 spiro atoms. The molecule has 1 aromatic rings.